The summed E-state index contributed by atoms with van der Waals surface area (Å²) < 4.78 is 0. The molecular weight excluding hydrogens is 242 g/mol. The molecule has 94 valence electrons. The Morgan fingerprint density at radius 3 is 2.67 bits per heavy atom. The molecule has 2 aromatic rings. The maximum atomic E-state index is 6.62. The van der Waals surface area contributed by atoms with Crippen molar-refractivity contribution >= 4 is 22.5 Å². The summed E-state index contributed by atoms with van der Waals surface area (Å²) in [5, 5.41) is 2.07. The SMILES string of the molecule is Cc1ccc2nc3c(c(Cl)c2c1)CCCCCC3. The standard InChI is InChI=1S/C16H18ClN/c1-11-8-9-15-13(10-11)16(17)12-6-4-2-3-5-7-14(12)18-15/h8-10H,2-7H2,1H3. The van der Waals surface area contributed by atoms with E-state index >= 15 is 0 Å². The van der Waals surface area contributed by atoms with Gasteiger partial charge in [0.15, 0.2) is 0 Å². The van der Waals surface area contributed by atoms with Gasteiger partial charge in [0, 0.05) is 11.1 Å². The topological polar surface area (TPSA) is 12.9 Å². The van der Waals surface area contributed by atoms with Crippen molar-refractivity contribution in [2.75, 3.05) is 0 Å². The third-order valence-corrected chi connectivity index (χ3v) is 4.28. The molecule has 1 aromatic heterocycles. The molecule has 1 aliphatic carbocycles. The van der Waals surface area contributed by atoms with Gasteiger partial charge in [0.2, 0.25) is 0 Å². The molecule has 0 N–H and O–H groups in total. The van der Waals surface area contributed by atoms with Crippen LogP contribution in [0.2, 0.25) is 5.02 Å². The van der Waals surface area contributed by atoms with Gasteiger partial charge < -0.3 is 0 Å². The third-order valence-electron chi connectivity index (χ3n) is 3.85. The van der Waals surface area contributed by atoms with E-state index < -0.39 is 0 Å². The molecule has 0 aliphatic heterocycles. The molecule has 0 saturated carbocycles. The van der Waals surface area contributed by atoms with E-state index in [0.717, 1.165) is 28.8 Å². The zero-order chi connectivity index (χ0) is 12.5. The zero-order valence-electron chi connectivity index (χ0n) is 10.8. The molecule has 1 aliphatic rings. The Labute approximate surface area is 113 Å². The number of aromatic nitrogens is 1. The van der Waals surface area contributed by atoms with Gasteiger partial charge in [0.1, 0.15) is 0 Å². The second-order valence-electron chi connectivity index (χ2n) is 5.29. The van der Waals surface area contributed by atoms with E-state index in [-0.39, 0.29) is 0 Å². The van der Waals surface area contributed by atoms with Crippen molar-refractivity contribution in [1.29, 1.82) is 0 Å². The summed E-state index contributed by atoms with van der Waals surface area (Å²) in [6, 6.07) is 6.36. The van der Waals surface area contributed by atoms with Crippen LogP contribution in [0.15, 0.2) is 18.2 Å². The molecule has 2 heteroatoms. The van der Waals surface area contributed by atoms with E-state index in [1.807, 2.05) is 0 Å². The maximum Gasteiger partial charge on any atom is 0.0720 e. The minimum absolute atomic E-state index is 0.945. The summed E-state index contributed by atoms with van der Waals surface area (Å²) in [5.41, 5.74) is 4.83. The van der Waals surface area contributed by atoms with Crippen LogP contribution in [0.3, 0.4) is 0 Å². The highest BCUT2D eigenvalue weighted by Crippen LogP contribution is 2.32. The van der Waals surface area contributed by atoms with Crippen molar-refractivity contribution in [2.24, 2.45) is 0 Å². The minimum atomic E-state index is 0.945. The van der Waals surface area contributed by atoms with Crippen molar-refractivity contribution in [3.63, 3.8) is 0 Å². The first-order chi connectivity index (χ1) is 8.75. The van der Waals surface area contributed by atoms with Crippen molar-refractivity contribution in [1.82, 2.24) is 4.98 Å². The van der Waals surface area contributed by atoms with E-state index in [1.54, 1.807) is 0 Å². The lowest BCUT2D eigenvalue weighted by Gasteiger charge is -2.16. The Hall–Kier alpha value is -1.08. The molecule has 0 fully saturated rings. The van der Waals surface area contributed by atoms with Crippen molar-refractivity contribution in [3.05, 3.63) is 40.0 Å². The smallest absolute Gasteiger partial charge is 0.0720 e. The first-order valence-electron chi connectivity index (χ1n) is 6.83. The average Bonchev–Trinajstić information content (AvgIpc) is 2.33. The number of benzene rings is 1. The van der Waals surface area contributed by atoms with Crippen LogP contribution < -0.4 is 0 Å². The molecule has 0 atom stereocenters. The highest BCUT2D eigenvalue weighted by Gasteiger charge is 2.15. The van der Waals surface area contributed by atoms with E-state index in [2.05, 4.69) is 25.1 Å². The second-order valence-corrected chi connectivity index (χ2v) is 5.66. The van der Waals surface area contributed by atoms with Crippen LogP contribution in [0.25, 0.3) is 10.9 Å². The maximum absolute atomic E-state index is 6.62. The fourth-order valence-electron chi connectivity index (χ4n) is 2.83. The number of pyridine rings is 1. The molecule has 0 radical (unpaired) electrons. The van der Waals surface area contributed by atoms with Crippen molar-refractivity contribution < 1.29 is 0 Å². The molecule has 0 bridgehead atoms. The van der Waals surface area contributed by atoms with Crippen LogP contribution in [0.4, 0.5) is 0 Å². The number of rotatable bonds is 0. The monoisotopic (exact) mass is 259 g/mol. The number of aryl methyl sites for hydroxylation is 2. The Morgan fingerprint density at radius 1 is 1.06 bits per heavy atom. The van der Waals surface area contributed by atoms with Gasteiger partial charge in [-0.15, -0.1) is 0 Å². The highest BCUT2D eigenvalue weighted by molar-refractivity contribution is 6.36. The molecule has 1 aromatic carbocycles. The normalized spacial score (nSPS) is 16.1. The number of hydrogen-bond acceptors (Lipinski definition) is 1. The Bertz CT molecular complexity index is 589. The molecule has 18 heavy (non-hydrogen) atoms. The predicted octanol–water partition coefficient (Wildman–Crippen LogP) is 4.86. The molecule has 0 spiro atoms. The molecular formula is C16H18ClN. The lowest BCUT2D eigenvalue weighted by molar-refractivity contribution is 0.610. The molecule has 0 unspecified atom stereocenters. The summed E-state index contributed by atoms with van der Waals surface area (Å²) in [5.74, 6) is 0. The van der Waals surface area contributed by atoms with Gasteiger partial charge in [-0.25, -0.2) is 0 Å². The van der Waals surface area contributed by atoms with Crippen LogP contribution in [-0.2, 0) is 12.8 Å². The van der Waals surface area contributed by atoms with Gasteiger partial charge in [-0.3, -0.25) is 4.98 Å². The number of fused-ring (bicyclic) bond motifs is 2. The molecule has 3 rings (SSSR count). The number of halogens is 1. The van der Waals surface area contributed by atoms with E-state index in [1.165, 1.54) is 42.5 Å². The van der Waals surface area contributed by atoms with Crippen molar-refractivity contribution in [2.45, 2.75) is 45.4 Å². The number of nitrogens with zero attached hydrogens (tertiary/aromatic N) is 1. The quantitative estimate of drug-likeness (QED) is 0.659. The van der Waals surface area contributed by atoms with E-state index in [0.29, 0.717) is 0 Å². The fourth-order valence-corrected chi connectivity index (χ4v) is 3.19. The minimum Gasteiger partial charge on any atom is -0.252 e. The lowest BCUT2D eigenvalue weighted by Crippen LogP contribution is -2.04. The summed E-state index contributed by atoms with van der Waals surface area (Å²) in [6.07, 6.45) is 7.30. The first kappa shape index (κ1) is 12.0. The molecule has 1 heterocycles. The van der Waals surface area contributed by atoms with Crippen LogP contribution in [0, 0.1) is 6.92 Å². The zero-order valence-corrected chi connectivity index (χ0v) is 11.6. The number of hydrogen-bond donors (Lipinski definition) is 0. The highest BCUT2D eigenvalue weighted by atomic mass is 35.5. The van der Waals surface area contributed by atoms with Crippen molar-refractivity contribution in [3.8, 4) is 0 Å². The fraction of sp³-hybridized carbons (Fsp3) is 0.438. The Balaban J connectivity index is 2.22. The molecule has 0 amide bonds. The van der Waals surface area contributed by atoms with Crippen LogP contribution >= 0.6 is 11.6 Å². The van der Waals surface area contributed by atoms with Gasteiger partial charge in [-0.1, -0.05) is 36.1 Å². The summed E-state index contributed by atoms with van der Waals surface area (Å²) in [6.45, 7) is 2.10. The largest absolute Gasteiger partial charge is 0.252 e. The Morgan fingerprint density at radius 2 is 1.83 bits per heavy atom. The van der Waals surface area contributed by atoms with Gasteiger partial charge in [0.25, 0.3) is 0 Å². The molecule has 0 saturated heterocycles. The van der Waals surface area contributed by atoms with Gasteiger partial charge >= 0.3 is 0 Å². The Kier molecular flexibility index (Phi) is 3.25. The summed E-state index contributed by atoms with van der Waals surface area (Å²) in [4.78, 5) is 4.83. The second kappa shape index (κ2) is 4.89. The molecule has 1 nitrogen and oxygen atoms in total. The third kappa shape index (κ3) is 2.12. The lowest BCUT2D eigenvalue weighted by atomic mass is 9.95. The van der Waals surface area contributed by atoms with Crippen LogP contribution in [-0.4, -0.2) is 4.98 Å². The van der Waals surface area contributed by atoms with E-state index in [9.17, 15) is 0 Å². The first-order valence-corrected chi connectivity index (χ1v) is 7.21. The van der Waals surface area contributed by atoms with Crippen LogP contribution in [0.1, 0.15) is 42.5 Å². The summed E-state index contributed by atoms with van der Waals surface area (Å²) >= 11 is 6.62. The van der Waals surface area contributed by atoms with Gasteiger partial charge in [-0.2, -0.15) is 0 Å². The van der Waals surface area contributed by atoms with Gasteiger partial charge in [0.05, 0.1) is 10.5 Å². The van der Waals surface area contributed by atoms with E-state index in [4.69, 9.17) is 16.6 Å². The van der Waals surface area contributed by atoms with Gasteiger partial charge in [-0.05, 0) is 50.3 Å². The van der Waals surface area contributed by atoms with Crippen LogP contribution in [0.5, 0.6) is 0 Å². The average molecular weight is 260 g/mol. The predicted molar refractivity (Wildman–Crippen MR) is 77.4 cm³/mol. The summed E-state index contributed by atoms with van der Waals surface area (Å²) in [7, 11) is 0.